The highest BCUT2D eigenvalue weighted by molar-refractivity contribution is 7.17. The SMILES string of the molecule is Cc1nc(-c2ccc(C(F)(F)F)cc2)sc1C(=O)CCc1ccc(OC(C)(C)C(=O)OC(C)(C)C)c(Cl)c1. The van der Waals surface area contributed by atoms with Gasteiger partial charge < -0.3 is 9.47 Å². The van der Waals surface area contributed by atoms with Crippen molar-refractivity contribution in [1.82, 2.24) is 4.98 Å². The number of alkyl halides is 3. The van der Waals surface area contributed by atoms with Crippen LogP contribution in [0.1, 0.15) is 67.5 Å². The van der Waals surface area contributed by atoms with Gasteiger partial charge in [0, 0.05) is 12.0 Å². The van der Waals surface area contributed by atoms with Crippen LogP contribution in [0, 0.1) is 6.92 Å². The summed E-state index contributed by atoms with van der Waals surface area (Å²) in [5, 5.41) is 0.780. The Morgan fingerprint density at radius 3 is 2.18 bits per heavy atom. The van der Waals surface area contributed by atoms with Crippen LogP contribution >= 0.6 is 22.9 Å². The number of ketones is 1. The summed E-state index contributed by atoms with van der Waals surface area (Å²) in [4.78, 5) is 30.2. The lowest BCUT2D eigenvalue weighted by Crippen LogP contribution is -2.43. The minimum Gasteiger partial charge on any atom is -0.475 e. The van der Waals surface area contributed by atoms with Crippen LogP contribution in [0.25, 0.3) is 10.6 Å². The van der Waals surface area contributed by atoms with Crippen LogP contribution < -0.4 is 4.74 Å². The van der Waals surface area contributed by atoms with Crippen LogP contribution in [0.2, 0.25) is 5.02 Å². The molecule has 0 fully saturated rings. The maximum Gasteiger partial charge on any atom is 0.416 e. The Bertz CT molecular complexity index is 1330. The van der Waals surface area contributed by atoms with Gasteiger partial charge in [0.05, 0.1) is 21.2 Å². The molecule has 0 N–H and O–H groups in total. The predicted molar refractivity (Wildman–Crippen MR) is 142 cm³/mol. The van der Waals surface area contributed by atoms with Gasteiger partial charge in [0.2, 0.25) is 0 Å². The minimum atomic E-state index is -4.42. The third-order valence-corrected chi connectivity index (χ3v) is 6.94. The molecule has 0 aliphatic carbocycles. The van der Waals surface area contributed by atoms with Crippen molar-refractivity contribution >= 4 is 34.7 Å². The van der Waals surface area contributed by atoms with Gasteiger partial charge in [-0.15, -0.1) is 11.3 Å². The van der Waals surface area contributed by atoms with E-state index in [2.05, 4.69) is 4.98 Å². The van der Waals surface area contributed by atoms with Crippen LogP contribution in [0.3, 0.4) is 0 Å². The fourth-order valence-corrected chi connectivity index (χ4v) is 4.73. The largest absolute Gasteiger partial charge is 0.475 e. The molecular weight excluding hydrogens is 539 g/mol. The van der Waals surface area contributed by atoms with E-state index < -0.39 is 28.9 Å². The molecule has 204 valence electrons. The van der Waals surface area contributed by atoms with Gasteiger partial charge in [0.1, 0.15) is 16.4 Å². The molecule has 0 amide bonds. The highest BCUT2D eigenvalue weighted by Gasteiger charge is 2.35. The summed E-state index contributed by atoms with van der Waals surface area (Å²) in [7, 11) is 0. The van der Waals surface area contributed by atoms with Crippen LogP contribution in [0.4, 0.5) is 13.2 Å². The lowest BCUT2D eigenvalue weighted by molar-refractivity contribution is -0.170. The molecule has 0 radical (unpaired) electrons. The number of halogens is 4. The number of aryl methyl sites for hydroxylation is 2. The second-order valence-electron chi connectivity index (χ2n) is 10.3. The molecular formula is C28H29ClF3NO4S. The molecule has 1 heterocycles. The van der Waals surface area contributed by atoms with Crippen molar-refractivity contribution in [3.63, 3.8) is 0 Å². The zero-order valence-corrected chi connectivity index (χ0v) is 23.5. The number of nitrogens with zero attached hydrogens (tertiary/aromatic N) is 1. The number of benzene rings is 2. The van der Waals surface area contributed by atoms with Crippen LogP contribution in [-0.2, 0) is 22.1 Å². The smallest absolute Gasteiger partial charge is 0.416 e. The number of aromatic nitrogens is 1. The minimum absolute atomic E-state index is 0.124. The molecule has 0 aliphatic rings. The van der Waals surface area contributed by atoms with E-state index in [4.69, 9.17) is 21.1 Å². The molecule has 5 nitrogen and oxygen atoms in total. The van der Waals surface area contributed by atoms with E-state index in [0.29, 0.717) is 38.3 Å². The number of esters is 1. The molecule has 0 atom stereocenters. The van der Waals surface area contributed by atoms with E-state index in [0.717, 1.165) is 29.0 Å². The zero-order chi connectivity index (χ0) is 28.5. The Balaban J connectivity index is 1.65. The molecule has 3 aromatic rings. The predicted octanol–water partition coefficient (Wildman–Crippen LogP) is 8.11. The molecule has 38 heavy (non-hydrogen) atoms. The van der Waals surface area contributed by atoms with Crippen molar-refractivity contribution < 1.29 is 32.2 Å². The van der Waals surface area contributed by atoms with Crippen LogP contribution in [-0.4, -0.2) is 27.9 Å². The van der Waals surface area contributed by atoms with Gasteiger partial charge in [-0.3, -0.25) is 4.79 Å². The fourth-order valence-electron chi connectivity index (χ4n) is 3.45. The Labute approximate surface area is 228 Å². The number of rotatable bonds is 8. The first-order valence-corrected chi connectivity index (χ1v) is 13.0. The average molecular weight is 568 g/mol. The standard InChI is InChI=1S/C28H29ClF3NO4S/c1-16-23(38-24(33-16)18-9-11-19(12-10-18)28(30,31)32)21(34)13-7-17-8-14-22(20(29)15-17)36-27(5,6)25(35)37-26(2,3)4/h8-12,14-15H,7,13H2,1-6H3. The van der Waals surface area contributed by atoms with Crippen molar-refractivity contribution in [2.45, 2.75) is 71.8 Å². The summed E-state index contributed by atoms with van der Waals surface area (Å²) in [6.07, 6.45) is -3.82. The van der Waals surface area contributed by atoms with Gasteiger partial charge >= 0.3 is 12.1 Å². The molecule has 2 aromatic carbocycles. The average Bonchev–Trinajstić information content (AvgIpc) is 3.19. The third kappa shape index (κ3) is 7.57. The summed E-state index contributed by atoms with van der Waals surface area (Å²) in [5.41, 5.74) is -0.816. The second kappa shape index (κ2) is 11.1. The number of ether oxygens (including phenoxy) is 2. The first-order valence-electron chi connectivity index (χ1n) is 11.9. The molecule has 0 saturated carbocycles. The molecule has 0 bridgehead atoms. The molecule has 0 saturated heterocycles. The topological polar surface area (TPSA) is 65.5 Å². The van der Waals surface area contributed by atoms with E-state index in [-0.39, 0.29) is 12.2 Å². The number of carbonyl (C=O) groups is 2. The van der Waals surface area contributed by atoms with Crippen molar-refractivity contribution in [1.29, 1.82) is 0 Å². The van der Waals surface area contributed by atoms with Crippen molar-refractivity contribution in [2.24, 2.45) is 0 Å². The fraction of sp³-hybridized carbons (Fsp3) is 0.393. The summed E-state index contributed by atoms with van der Waals surface area (Å²) in [6.45, 7) is 10.2. The van der Waals surface area contributed by atoms with Gasteiger partial charge in [-0.25, -0.2) is 9.78 Å². The van der Waals surface area contributed by atoms with Gasteiger partial charge in [0.25, 0.3) is 0 Å². The molecule has 0 spiro atoms. The van der Waals surface area contributed by atoms with Crippen LogP contribution in [0.5, 0.6) is 5.75 Å². The molecule has 1 aromatic heterocycles. The lowest BCUT2D eigenvalue weighted by Gasteiger charge is -2.29. The number of carbonyl (C=O) groups excluding carboxylic acids is 2. The molecule has 3 rings (SSSR count). The number of thiazole rings is 1. The quantitative estimate of drug-likeness (QED) is 0.203. The van der Waals surface area contributed by atoms with Crippen molar-refractivity contribution in [2.75, 3.05) is 0 Å². The first kappa shape index (κ1) is 29.6. The second-order valence-corrected chi connectivity index (χ2v) is 11.7. The van der Waals surface area contributed by atoms with Gasteiger partial charge in [0.15, 0.2) is 11.4 Å². The highest BCUT2D eigenvalue weighted by atomic mass is 35.5. The Morgan fingerprint density at radius 1 is 1.00 bits per heavy atom. The summed E-state index contributed by atoms with van der Waals surface area (Å²) < 4.78 is 49.7. The third-order valence-electron chi connectivity index (χ3n) is 5.40. The van der Waals surface area contributed by atoms with E-state index in [1.807, 2.05) is 0 Å². The van der Waals surface area contributed by atoms with Crippen molar-refractivity contribution in [3.8, 4) is 16.3 Å². The Kier molecular flexibility index (Phi) is 8.63. The first-order chi connectivity index (χ1) is 17.5. The maximum absolute atomic E-state index is 12.9. The molecule has 0 aliphatic heterocycles. The monoisotopic (exact) mass is 567 g/mol. The Morgan fingerprint density at radius 2 is 1.63 bits per heavy atom. The normalized spacial score (nSPS) is 12.4. The van der Waals surface area contributed by atoms with Crippen molar-refractivity contribution in [3.05, 3.63) is 69.2 Å². The molecule has 0 unspecified atom stereocenters. The van der Waals surface area contributed by atoms with E-state index in [9.17, 15) is 22.8 Å². The zero-order valence-electron chi connectivity index (χ0n) is 22.0. The molecule has 10 heteroatoms. The summed E-state index contributed by atoms with van der Waals surface area (Å²) in [6, 6.07) is 9.80. The number of Topliss-reactive ketones (excluding diaryl/α,β-unsaturated/α-hetero) is 1. The van der Waals surface area contributed by atoms with Gasteiger partial charge in [-0.05, 0) is 77.8 Å². The van der Waals surface area contributed by atoms with Gasteiger partial charge in [-0.2, -0.15) is 13.2 Å². The van der Waals surface area contributed by atoms with E-state index in [1.165, 1.54) is 12.1 Å². The summed E-state index contributed by atoms with van der Waals surface area (Å²) in [5.74, 6) is -0.330. The van der Waals surface area contributed by atoms with Gasteiger partial charge in [-0.1, -0.05) is 29.8 Å². The lowest BCUT2D eigenvalue weighted by atomic mass is 10.1. The van der Waals surface area contributed by atoms with E-state index >= 15 is 0 Å². The summed E-state index contributed by atoms with van der Waals surface area (Å²) >= 11 is 7.56. The maximum atomic E-state index is 12.9. The Hall–Kier alpha value is -2.91. The van der Waals surface area contributed by atoms with Crippen LogP contribution in [0.15, 0.2) is 42.5 Å². The number of hydrogen-bond donors (Lipinski definition) is 0. The number of hydrogen-bond acceptors (Lipinski definition) is 6. The van der Waals surface area contributed by atoms with E-state index in [1.54, 1.807) is 59.7 Å². The highest BCUT2D eigenvalue weighted by Crippen LogP contribution is 2.34.